The molecule has 2 aliphatic rings. The van der Waals surface area contributed by atoms with Crippen molar-refractivity contribution in [2.45, 2.75) is 18.4 Å². The van der Waals surface area contributed by atoms with Gasteiger partial charge in [-0.2, -0.15) is 9.97 Å². The number of carbonyl (C=O) groups excluding carboxylic acids is 1. The monoisotopic (exact) mass is 305 g/mol. The lowest BCUT2D eigenvalue weighted by Gasteiger charge is -2.22. The van der Waals surface area contributed by atoms with Crippen LogP contribution in [-0.4, -0.2) is 50.5 Å². The molecular formula is C13H15N5O4. The molecule has 0 radical (unpaired) electrons. The van der Waals surface area contributed by atoms with E-state index in [0.29, 0.717) is 37.4 Å². The van der Waals surface area contributed by atoms with Gasteiger partial charge in [0, 0.05) is 31.5 Å². The van der Waals surface area contributed by atoms with Gasteiger partial charge >= 0.3 is 5.97 Å². The Kier molecular flexibility index (Phi) is 3.12. The number of hydrogen-bond donors (Lipinski definition) is 3. The molecule has 9 heteroatoms. The van der Waals surface area contributed by atoms with E-state index in [9.17, 15) is 9.59 Å². The van der Waals surface area contributed by atoms with Crippen molar-refractivity contribution in [1.29, 1.82) is 0 Å². The number of ether oxygens (including phenoxy) is 1. The Morgan fingerprint density at radius 2 is 2.09 bits per heavy atom. The highest BCUT2D eigenvalue weighted by Crippen LogP contribution is 2.41. The molecule has 1 fully saturated rings. The molecule has 5 N–H and O–H groups in total. The van der Waals surface area contributed by atoms with E-state index in [1.807, 2.05) is 0 Å². The van der Waals surface area contributed by atoms with Crippen LogP contribution in [0.3, 0.4) is 0 Å². The van der Waals surface area contributed by atoms with Gasteiger partial charge in [0.25, 0.3) is 0 Å². The summed E-state index contributed by atoms with van der Waals surface area (Å²) in [7, 11) is 0. The predicted molar refractivity (Wildman–Crippen MR) is 75.9 cm³/mol. The lowest BCUT2D eigenvalue weighted by molar-refractivity contribution is -0.132. The van der Waals surface area contributed by atoms with E-state index in [-0.39, 0.29) is 17.7 Å². The van der Waals surface area contributed by atoms with Gasteiger partial charge in [0.2, 0.25) is 17.7 Å². The Morgan fingerprint density at radius 3 is 2.82 bits per heavy atom. The van der Waals surface area contributed by atoms with Gasteiger partial charge in [-0.05, 0) is 0 Å². The van der Waals surface area contributed by atoms with Crippen LogP contribution >= 0.6 is 0 Å². The number of likely N-dealkylation sites (tertiary alicyclic amines) is 1. The molecule has 0 saturated carbocycles. The van der Waals surface area contributed by atoms with Gasteiger partial charge in [0.1, 0.15) is 11.4 Å². The molecule has 3 rings (SSSR count). The van der Waals surface area contributed by atoms with E-state index in [0.717, 1.165) is 12.2 Å². The third-order valence-electron chi connectivity index (χ3n) is 3.83. The van der Waals surface area contributed by atoms with Gasteiger partial charge in [-0.15, -0.1) is 0 Å². The van der Waals surface area contributed by atoms with Crippen molar-refractivity contribution < 1.29 is 19.4 Å². The van der Waals surface area contributed by atoms with Crippen molar-refractivity contribution >= 4 is 23.6 Å². The Hall–Kier alpha value is -2.84. The number of nitrogen functional groups attached to an aromatic ring is 2. The molecule has 1 amide bonds. The molecule has 1 aromatic rings. The minimum atomic E-state index is -1.16. The highest BCUT2D eigenvalue weighted by molar-refractivity contribution is 5.94. The molecule has 9 nitrogen and oxygen atoms in total. The van der Waals surface area contributed by atoms with Crippen LogP contribution in [0, 0.1) is 0 Å². The highest BCUT2D eigenvalue weighted by Gasteiger charge is 2.47. The minimum Gasteiger partial charge on any atom is -0.478 e. The van der Waals surface area contributed by atoms with Gasteiger partial charge in [0.15, 0.2) is 0 Å². The molecule has 3 heterocycles. The van der Waals surface area contributed by atoms with Crippen LogP contribution in [0.4, 0.5) is 11.8 Å². The first kappa shape index (κ1) is 14.1. The maximum Gasteiger partial charge on any atom is 0.328 e. The van der Waals surface area contributed by atoms with Crippen LogP contribution in [0.25, 0.3) is 0 Å². The van der Waals surface area contributed by atoms with E-state index in [1.165, 1.54) is 4.90 Å². The molecule has 2 aliphatic heterocycles. The standard InChI is InChI=1S/C13H15N5O4/c14-10-7-5-13(22-11(7)17-12(15)16-10)3-4-18(6-13)8(19)1-2-9(20)21/h1-2H,3-6H2,(H,20,21)(H4,14,15,16,17)/b2-1+/t13-/m0/s1. The van der Waals surface area contributed by atoms with E-state index in [1.54, 1.807) is 0 Å². The topological polar surface area (TPSA) is 145 Å². The number of hydrogen-bond acceptors (Lipinski definition) is 7. The van der Waals surface area contributed by atoms with Gasteiger partial charge in [-0.1, -0.05) is 0 Å². The Morgan fingerprint density at radius 1 is 1.32 bits per heavy atom. The summed E-state index contributed by atoms with van der Waals surface area (Å²) >= 11 is 0. The summed E-state index contributed by atoms with van der Waals surface area (Å²) < 4.78 is 5.88. The summed E-state index contributed by atoms with van der Waals surface area (Å²) in [5.74, 6) is -0.832. The zero-order valence-corrected chi connectivity index (χ0v) is 11.7. The summed E-state index contributed by atoms with van der Waals surface area (Å²) in [6, 6.07) is 0. The average Bonchev–Trinajstić information content (AvgIpc) is 3.00. The van der Waals surface area contributed by atoms with Crippen molar-refractivity contribution in [3.05, 3.63) is 17.7 Å². The second kappa shape index (κ2) is 4.86. The lowest BCUT2D eigenvalue weighted by Crippen LogP contribution is -2.39. The van der Waals surface area contributed by atoms with Crippen molar-refractivity contribution in [2.75, 3.05) is 24.6 Å². The molecule has 22 heavy (non-hydrogen) atoms. The van der Waals surface area contributed by atoms with E-state index >= 15 is 0 Å². The first-order valence-electron chi connectivity index (χ1n) is 6.69. The number of carboxylic acids is 1. The number of rotatable bonds is 2. The number of carboxylic acid groups (broad SMARTS) is 1. The number of nitrogens with two attached hydrogens (primary N) is 2. The molecule has 1 spiro atoms. The van der Waals surface area contributed by atoms with Gasteiger partial charge in [0.05, 0.1) is 12.1 Å². The number of anilines is 2. The molecule has 116 valence electrons. The number of aromatic nitrogens is 2. The summed E-state index contributed by atoms with van der Waals surface area (Å²) in [4.78, 5) is 31.9. The summed E-state index contributed by atoms with van der Waals surface area (Å²) in [6.07, 6.45) is 2.97. The molecule has 0 unspecified atom stereocenters. The Labute approximate surface area is 125 Å². The third kappa shape index (κ3) is 2.41. The number of aliphatic carboxylic acids is 1. The van der Waals surface area contributed by atoms with Crippen LogP contribution < -0.4 is 16.2 Å². The van der Waals surface area contributed by atoms with Crippen LogP contribution in [0.2, 0.25) is 0 Å². The second-order valence-corrected chi connectivity index (χ2v) is 5.39. The smallest absolute Gasteiger partial charge is 0.328 e. The van der Waals surface area contributed by atoms with Crippen LogP contribution in [0.1, 0.15) is 12.0 Å². The number of nitrogens with zero attached hydrogens (tertiary/aromatic N) is 3. The van der Waals surface area contributed by atoms with Gasteiger partial charge < -0.3 is 26.2 Å². The second-order valence-electron chi connectivity index (χ2n) is 5.39. The van der Waals surface area contributed by atoms with Crippen molar-refractivity contribution in [2.24, 2.45) is 0 Å². The van der Waals surface area contributed by atoms with Gasteiger partial charge in [-0.25, -0.2) is 4.79 Å². The first-order valence-corrected chi connectivity index (χ1v) is 6.69. The molecule has 1 atom stereocenters. The van der Waals surface area contributed by atoms with Crippen molar-refractivity contribution in [3.63, 3.8) is 0 Å². The largest absolute Gasteiger partial charge is 0.478 e. The van der Waals surface area contributed by atoms with E-state index < -0.39 is 11.6 Å². The Balaban J connectivity index is 1.75. The summed E-state index contributed by atoms with van der Waals surface area (Å²) in [5.41, 5.74) is 11.5. The lowest BCUT2D eigenvalue weighted by atomic mass is 9.97. The van der Waals surface area contributed by atoms with Crippen LogP contribution in [-0.2, 0) is 16.0 Å². The average molecular weight is 305 g/mol. The van der Waals surface area contributed by atoms with Gasteiger partial charge in [-0.3, -0.25) is 4.79 Å². The zero-order valence-electron chi connectivity index (χ0n) is 11.7. The number of amides is 1. The predicted octanol–water partition coefficient (Wildman–Crippen LogP) is -0.812. The van der Waals surface area contributed by atoms with Crippen molar-refractivity contribution in [1.82, 2.24) is 14.9 Å². The summed E-state index contributed by atoms with van der Waals surface area (Å²) in [6.45, 7) is 0.811. The maximum atomic E-state index is 11.9. The molecule has 1 saturated heterocycles. The SMILES string of the molecule is Nc1nc(N)c2c(n1)O[C@@]1(CCN(C(=O)/C=C/C(=O)O)C1)C2. The number of carbonyl (C=O) groups is 2. The minimum absolute atomic E-state index is 0.0450. The molecule has 0 aliphatic carbocycles. The van der Waals surface area contributed by atoms with Crippen LogP contribution in [0.5, 0.6) is 5.88 Å². The van der Waals surface area contributed by atoms with Crippen molar-refractivity contribution in [3.8, 4) is 5.88 Å². The van der Waals surface area contributed by atoms with Crippen LogP contribution in [0.15, 0.2) is 12.2 Å². The quantitative estimate of drug-likeness (QED) is 0.601. The highest BCUT2D eigenvalue weighted by atomic mass is 16.5. The molecular weight excluding hydrogens is 290 g/mol. The normalized spacial score (nSPS) is 23.0. The van der Waals surface area contributed by atoms with E-state index in [2.05, 4.69) is 9.97 Å². The summed E-state index contributed by atoms with van der Waals surface area (Å²) in [5, 5.41) is 8.56. The third-order valence-corrected chi connectivity index (χ3v) is 3.83. The maximum absolute atomic E-state index is 11.9. The molecule has 0 aromatic carbocycles. The fraction of sp³-hybridized carbons (Fsp3) is 0.385. The number of fused-ring (bicyclic) bond motifs is 1. The fourth-order valence-electron chi connectivity index (χ4n) is 2.82. The van der Waals surface area contributed by atoms with E-state index in [4.69, 9.17) is 21.3 Å². The zero-order chi connectivity index (χ0) is 15.9. The Bertz CT molecular complexity index is 689. The molecule has 0 bridgehead atoms. The fourth-order valence-corrected chi connectivity index (χ4v) is 2.82. The first-order chi connectivity index (χ1) is 10.4. The molecule has 1 aromatic heterocycles.